The van der Waals surface area contributed by atoms with E-state index in [0.717, 1.165) is 0 Å². The molecule has 0 aromatic carbocycles. The summed E-state index contributed by atoms with van der Waals surface area (Å²) in [6, 6.07) is 1.64. The maximum absolute atomic E-state index is 11.6. The SMILES string of the molecule is CCOc1ccnc(NC(=O)OC(C)(C)C)c1N. The first-order chi connectivity index (χ1) is 8.33. The van der Waals surface area contributed by atoms with Crippen LogP contribution in [0.5, 0.6) is 5.75 Å². The van der Waals surface area contributed by atoms with Gasteiger partial charge in [0.1, 0.15) is 17.0 Å². The van der Waals surface area contributed by atoms with Gasteiger partial charge in [0, 0.05) is 12.3 Å². The second kappa shape index (κ2) is 5.57. The number of nitrogen functional groups attached to an aromatic ring is 1. The molecule has 1 aromatic heterocycles. The van der Waals surface area contributed by atoms with E-state index in [-0.39, 0.29) is 11.5 Å². The van der Waals surface area contributed by atoms with Gasteiger partial charge < -0.3 is 15.2 Å². The number of nitrogens with one attached hydrogen (secondary N) is 1. The molecule has 0 saturated heterocycles. The Morgan fingerprint density at radius 2 is 2.17 bits per heavy atom. The molecule has 0 radical (unpaired) electrons. The summed E-state index contributed by atoms with van der Waals surface area (Å²) in [5.41, 5.74) is 5.53. The fourth-order valence-electron chi connectivity index (χ4n) is 1.24. The molecule has 6 heteroatoms. The van der Waals surface area contributed by atoms with E-state index in [4.69, 9.17) is 15.2 Å². The molecular weight excluding hydrogens is 234 g/mol. The molecular formula is C12H19N3O3. The zero-order chi connectivity index (χ0) is 13.8. The van der Waals surface area contributed by atoms with Gasteiger partial charge in [0.2, 0.25) is 0 Å². The van der Waals surface area contributed by atoms with Crippen LogP contribution in [0.15, 0.2) is 12.3 Å². The number of hydrogen-bond donors (Lipinski definition) is 2. The summed E-state index contributed by atoms with van der Waals surface area (Å²) >= 11 is 0. The third-order valence-electron chi connectivity index (χ3n) is 1.87. The number of aromatic nitrogens is 1. The Morgan fingerprint density at radius 1 is 1.50 bits per heavy atom. The maximum atomic E-state index is 11.6. The predicted octanol–water partition coefficient (Wildman–Crippen LogP) is 2.41. The van der Waals surface area contributed by atoms with Crippen molar-refractivity contribution in [2.24, 2.45) is 0 Å². The van der Waals surface area contributed by atoms with E-state index in [1.807, 2.05) is 6.92 Å². The number of nitrogens with two attached hydrogens (primary N) is 1. The van der Waals surface area contributed by atoms with Crippen LogP contribution >= 0.6 is 0 Å². The minimum atomic E-state index is -0.602. The number of carbonyl (C=O) groups is 1. The van der Waals surface area contributed by atoms with Gasteiger partial charge in [-0.25, -0.2) is 9.78 Å². The smallest absolute Gasteiger partial charge is 0.413 e. The molecule has 1 amide bonds. The monoisotopic (exact) mass is 253 g/mol. The number of amides is 1. The van der Waals surface area contributed by atoms with Crippen molar-refractivity contribution < 1.29 is 14.3 Å². The highest BCUT2D eigenvalue weighted by atomic mass is 16.6. The molecule has 0 aliphatic carbocycles. The van der Waals surface area contributed by atoms with Crippen molar-refractivity contribution in [3.05, 3.63) is 12.3 Å². The summed E-state index contributed by atoms with van der Waals surface area (Å²) in [5.74, 6) is 0.716. The Morgan fingerprint density at radius 3 is 2.72 bits per heavy atom. The molecule has 1 aromatic rings. The summed E-state index contributed by atoms with van der Waals surface area (Å²) < 4.78 is 10.4. The van der Waals surface area contributed by atoms with Crippen molar-refractivity contribution in [3.63, 3.8) is 0 Å². The van der Waals surface area contributed by atoms with Gasteiger partial charge in [-0.15, -0.1) is 0 Å². The fraction of sp³-hybridized carbons (Fsp3) is 0.500. The van der Waals surface area contributed by atoms with Gasteiger partial charge in [-0.3, -0.25) is 5.32 Å². The minimum Gasteiger partial charge on any atom is -0.492 e. The Bertz CT molecular complexity index is 427. The minimum absolute atomic E-state index is 0.232. The molecule has 0 aliphatic rings. The molecule has 0 fully saturated rings. The van der Waals surface area contributed by atoms with E-state index < -0.39 is 11.7 Å². The van der Waals surface area contributed by atoms with E-state index >= 15 is 0 Å². The van der Waals surface area contributed by atoms with Crippen LogP contribution in [0.4, 0.5) is 16.3 Å². The third kappa shape index (κ3) is 4.12. The second-order valence-corrected chi connectivity index (χ2v) is 4.63. The molecule has 18 heavy (non-hydrogen) atoms. The first kappa shape index (κ1) is 14.1. The molecule has 1 heterocycles. The predicted molar refractivity (Wildman–Crippen MR) is 69.7 cm³/mol. The highest BCUT2D eigenvalue weighted by Crippen LogP contribution is 2.27. The summed E-state index contributed by atoms with van der Waals surface area (Å²) in [6.45, 7) is 7.67. The fourth-order valence-corrected chi connectivity index (χ4v) is 1.24. The zero-order valence-electron chi connectivity index (χ0n) is 11.1. The molecule has 0 atom stereocenters. The van der Waals surface area contributed by atoms with E-state index in [0.29, 0.717) is 12.4 Å². The maximum Gasteiger partial charge on any atom is 0.413 e. The van der Waals surface area contributed by atoms with Gasteiger partial charge in [-0.2, -0.15) is 0 Å². The number of anilines is 2. The van der Waals surface area contributed by atoms with Gasteiger partial charge >= 0.3 is 6.09 Å². The van der Waals surface area contributed by atoms with Crippen LogP contribution in [0.3, 0.4) is 0 Å². The topological polar surface area (TPSA) is 86.5 Å². The first-order valence-corrected chi connectivity index (χ1v) is 5.70. The summed E-state index contributed by atoms with van der Waals surface area (Å²) in [5, 5.41) is 2.49. The van der Waals surface area contributed by atoms with Crippen LogP contribution in [-0.4, -0.2) is 23.3 Å². The van der Waals surface area contributed by atoms with Gasteiger partial charge in [0.25, 0.3) is 0 Å². The van der Waals surface area contributed by atoms with Crippen molar-refractivity contribution in [2.45, 2.75) is 33.3 Å². The highest BCUT2D eigenvalue weighted by Gasteiger charge is 2.18. The lowest BCUT2D eigenvalue weighted by Crippen LogP contribution is -2.27. The Hall–Kier alpha value is -1.98. The van der Waals surface area contributed by atoms with Crippen LogP contribution in [0.2, 0.25) is 0 Å². The van der Waals surface area contributed by atoms with Crippen molar-refractivity contribution >= 4 is 17.6 Å². The van der Waals surface area contributed by atoms with Gasteiger partial charge in [-0.05, 0) is 27.7 Å². The number of rotatable bonds is 3. The average Bonchev–Trinajstić information content (AvgIpc) is 2.21. The summed E-state index contributed by atoms with van der Waals surface area (Å²) in [4.78, 5) is 15.6. The molecule has 1 rings (SSSR count). The second-order valence-electron chi connectivity index (χ2n) is 4.63. The average molecular weight is 253 g/mol. The van der Waals surface area contributed by atoms with Crippen molar-refractivity contribution in [2.75, 3.05) is 17.7 Å². The Labute approximate surface area is 106 Å². The quantitative estimate of drug-likeness (QED) is 0.863. The lowest BCUT2D eigenvalue weighted by molar-refractivity contribution is 0.0635. The Balaban J connectivity index is 2.79. The lowest BCUT2D eigenvalue weighted by atomic mass is 10.2. The van der Waals surface area contributed by atoms with Crippen molar-refractivity contribution in [1.82, 2.24) is 4.98 Å². The normalized spacial score (nSPS) is 10.9. The zero-order valence-corrected chi connectivity index (χ0v) is 11.1. The van der Waals surface area contributed by atoms with Gasteiger partial charge in [-0.1, -0.05) is 0 Å². The number of pyridine rings is 1. The number of ether oxygens (including phenoxy) is 2. The molecule has 0 unspecified atom stereocenters. The lowest BCUT2D eigenvalue weighted by Gasteiger charge is -2.20. The highest BCUT2D eigenvalue weighted by molar-refractivity contribution is 5.88. The number of nitrogens with zero attached hydrogens (tertiary/aromatic N) is 1. The van der Waals surface area contributed by atoms with Crippen molar-refractivity contribution in [1.29, 1.82) is 0 Å². The largest absolute Gasteiger partial charge is 0.492 e. The van der Waals surface area contributed by atoms with E-state index in [2.05, 4.69) is 10.3 Å². The molecule has 100 valence electrons. The van der Waals surface area contributed by atoms with Crippen LogP contribution in [0, 0.1) is 0 Å². The van der Waals surface area contributed by atoms with Gasteiger partial charge in [0.15, 0.2) is 5.82 Å². The van der Waals surface area contributed by atoms with E-state index in [1.165, 1.54) is 6.20 Å². The molecule has 6 nitrogen and oxygen atoms in total. The molecule has 0 spiro atoms. The van der Waals surface area contributed by atoms with Crippen molar-refractivity contribution in [3.8, 4) is 5.75 Å². The number of hydrogen-bond acceptors (Lipinski definition) is 5. The molecule has 0 aliphatic heterocycles. The molecule has 3 N–H and O–H groups in total. The van der Waals surface area contributed by atoms with Crippen LogP contribution in [0.25, 0.3) is 0 Å². The number of carbonyl (C=O) groups excluding carboxylic acids is 1. The van der Waals surface area contributed by atoms with Crippen LogP contribution in [-0.2, 0) is 4.74 Å². The Kier molecular flexibility index (Phi) is 4.36. The molecule has 0 bridgehead atoms. The summed E-state index contributed by atoms with van der Waals surface area (Å²) in [6.07, 6.45) is 0.906. The van der Waals surface area contributed by atoms with Crippen LogP contribution < -0.4 is 15.8 Å². The first-order valence-electron chi connectivity index (χ1n) is 5.70. The van der Waals surface area contributed by atoms with Crippen LogP contribution in [0.1, 0.15) is 27.7 Å². The van der Waals surface area contributed by atoms with E-state index in [9.17, 15) is 4.79 Å². The van der Waals surface area contributed by atoms with E-state index in [1.54, 1.807) is 26.8 Å². The standard InChI is InChI=1S/C12H19N3O3/c1-5-17-8-6-7-14-10(9(8)13)15-11(16)18-12(2,3)4/h6-7H,5,13H2,1-4H3,(H,14,15,16). The summed E-state index contributed by atoms with van der Waals surface area (Å²) in [7, 11) is 0. The van der Waals surface area contributed by atoms with Gasteiger partial charge in [0.05, 0.1) is 6.61 Å². The third-order valence-corrected chi connectivity index (χ3v) is 1.87. The molecule has 0 saturated carbocycles.